The largest absolute Gasteiger partial charge is 0.373 e. The fraction of sp³-hybridized carbons (Fsp3) is 0.312. The molecule has 0 unspecified atom stereocenters. The molecular formula is C16H21N3. The maximum atomic E-state index is 4.52. The number of benzene rings is 1. The molecule has 0 aliphatic carbocycles. The molecule has 0 aliphatic rings. The zero-order chi connectivity index (χ0) is 13.7. The quantitative estimate of drug-likeness (QED) is 0.848. The van der Waals surface area contributed by atoms with E-state index in [9.17, 15) is 0 Å². The number of rotatable bonds is 5. The van der Waals surface area contributed by atoms with E-state index < -0.39 is 0 Å². The van der Waals surface area contributed by atoms with Gasteiger partial charge in [-0.05, 0) is 36.1 Å². The third kappa shape index (κ3) is 3.05. The van der Waals surface area contributed by atoms with Crippen LogP contribution in [0, 0.1) is 0 Å². The first-order chi connectivity index (χ1) is 9.28. The predicted molar refractivity (Wildman–Crippen MR) is 82.3 cm³/mol. The van der Waals surface area contributed by atoms with Crippen molar-refractivity contribution in [2.45, 2.75) is 26.7 Å². The van der Waals surface area contributed by atoms with Crippen molar-refractivity contribution in [3.05, 3.63) is 47.5 Å². The second kappa shape index (κ2) is 6.23. The molecule has 19 heavy (non-hydrogen) atoms. The molecule has 2 N–H and O–H groups in total. The molecule has 1 aromatic heterocycles. The lowest BCUT2D eigenvalue weighted by Crippen LogP contribution is -2.02. The van der Waals surface area contributed by atoms with Gasteiger partial charge in [0.2, 0.25) is 0 Å². The van der Waals surface area contributed by atoms with Crippen LogP contribution in [0.1, 0.15) is 25.0 Å². The number of pyridine rings is 1. The van der Waals surface area contributed by atoms with Crippen LogP contribution in [-0.4, -0.2) is 12.0 Å². The molecule has 0 aliphatic heterocycles. The number of aromatic nitrogens is 1. The van der Waals surface area contributed by atoms with Gasteiger partial charge in [-0.2, -0.15) is 0 Å². The van der Waals surface area contributed by atoms with Gasteiger partial charge in [-0.25, -0.2) is 4.98 Å². The summed E-state index contributed by atoms with van der Waals surface area (Å²) in [6, 6.07) is 12.4. The second-order valence-electron chi connectivity index (χ2n) is 4.44. The molecule has 1 aromatic carbocycles. The summed E-state index contributed by atoms with van der Waals surface area (Å²) in [6.45, 7) is 4.36. The van der Waals surface area contributed by atoms with Gasteiger partial charge in [0.1, 0.15) is 11.6 Å². The molecule has 0 amide bonds. The van der Waals surface area contributed by atoms with Crippen LogP contribution in [0.15, 0.2) is 36.4 Å². The van der Waals surface area contributed by atoms with Gasteiger partial charge in [0, 0.05) is 12.7 Å². The van der Waals surface area contributed by atoms with E-state index in [2.05, 4.69) is 47.7 Å². The molecule has 100 valence electrons. The standard InChI is InChI=1S/C16H21N3/c1-4-12-8-6-9-13(5-2)16(12)19-15-11-7-10-14(17-3)18-15/h6-11H,4-5H2,1-3H3,(H2,17,18,19). The molecule has 0 saturated heterocycles. The van der Waals surface area contributed by atoms with Gasteiger partial charge in [0.05, 0.1) is 0 Å². The van der Waals surface area contributed by atoms with Gasteiger partial charge >= 0.3 is 0 Å². The Hall–Kier alpha value is -2.03. The maximum absolute atomic E-state index is 4.52. The van der Waals surface area contributed by atoms with E-state index in [4.69, 9.17) is 0 Å². The van der Waals surface area contributed by atoms with E-state index in [1.54, 1.807) is 0 Å². The SMILES string of the molecule is CCc1cccc(CC)c1Nc1cccc(NC)n1. The maximum Gasteiger partial charge on any atom is 0.132 e. The molecule has 2 aromatic rings. The fourth-order valence-electron chi connectivity index (χ4n) is 2.17. The van der Waals surface area contributed by atoms with Crippen LogP contribution in [0.25, 0.3) is 0 Å². The van der Waals surface area contributed by atoms with Crippen LogP contribution in [0.4, 0.5) is 17.3 Å². The lowest BCUT2D eigenvalue weighted by Gasteiger charge is -2.15. The van der Waals surface area contributed by atoms with E-state index in [0.717, 1.165) is 24.5 Å². The van der Waals surface area contributed by atoms with Crippen LogP contribution in [0.3, 0.4) is 0 Å². The average Bonchev–Trinajstić information content (AvgIpc) is 2.47. The van der Waals surface area contributed by atoms with Crippen LogP contribution in [0.5, 0.6) is 0 Å². The van der Waals surface area contributed by atoms with Gasteiger partial charge in [-0.3, -0.25) is 0 Å². The van der Waals surface area contributed by atoms with Gasteiger partial charge < -0.3 is 10.6 Å². The number of hydrogen-bond acceptors (Lipinski definition) is 3. The van der Waals surface area contributed by atoms with E-state index in [-0.39, 0.29) is 0 Å². The molecule has 0 fully saturated rings. The number of nitrogens with zero attached hydrogens (tertiary/aromatic N) is 1. The highest BCUT2D eigenvalue weighted by Crippen LogP contribution is 2.26. The normalized spacial score (nSPS) is 10.3. The Bertz CT molecular complexity index is 527. The molecule has 3 heteroatoms. The van der Waals surface area contributed by atoms with Crippen molar-refractivity contribution in [3.8, 4) is 0 Å². The van der Waals surface area contributed by atoms with Crippen molar-refractivity contribution in [1.82, 2.24) is 4.98 Å². The lowest BCUT2D eigenvalue weighted by molar-refractivity contribution is 1.08. The molecule has 0 spiro atoms. The van der Waals surface area contributed by atoms with Gasteiger partial charge in [-0.1, -0.05) is 38.1 Å². The number of nitrogens with one attached hydrogen (secondary N) is 2. The zero-order valence-electron chi connectivity index (χ0n) is 11.8. The summed E-state index contributed by atoms with van der Waals surface area (Å²) in [6.07, 6.45) is 2.03. The summed E-state index contributed by atoms with van der Waals surface area (Å²) in [7, 11) is 1.88. The van der Waals surface area contributed by atoms with Gasteiger partial charge in [-0.15, -0.1) is 0 Å². The van der Waals surface area contributed by atoms with Crippen molar-refractivity contribution in [2.75, 3.05) is 17.7 Å². The summed E-state index contributed by atoms with van der Waals surface area (Å²) in [5.41, 5.74) is 3.86. The molecule has 1 heterocycles. The highest BCUT2D eigenvalue weighted by atomic mass is 15.1. The minimum absolute atomic E-state index is 0.872. The summed E-state index contributed by atoms with van der Waals surface area (Å²) >= 11 is 0. The van der Waals surface area contributed by atoms with Gasteiger partial charge in [0.15, 0.2) is 0 Å². The molecule has 3 nitrogen and oxygen atoms in total. The van der Waals surface area contributed by atoms with Crippen LogP contribution in [-0.2, 0) is 12.8 Å². The minimum Gasteiger partial charge on any atom is -0.373 e. The topological polar surface area (TPSA) is 37.0 Å². The van der Waals surface area contributed by atoms with Crippen LogP contribution in [0.2, 0.25) is 0 Å². The third-order valence-corrected chi connectivity index (χ3v) is 3.26. The first-order valence-electron chi connectivity index (χ1n) is 6.81. The van der Waals surface area contributed by atoms with E-state index in [1.165, 1.54) is 16.8 Å². The van der Waals surface area contributed by atoms with Crippen molar-refractivity contribution < 1.29 is 0 Å². The summed E-state index contributed by atoms with van der Waals surface area (Å²) in [5.74, 6) is 1.75. The number of aryl methyl sites for hydroxylation is 2. The van der Waals surface area contributed by atoms with E-state index in [0.29, 0.717) is 0 Å². The van der Waals surface area contributed by atoms with Crippen molar-refractivity contribution in [2.24, 2.45) is 0 Å². The third-order valence-electron chi connectivity index (χ3n) is 3.26. The zero-order valence-corrected chi connectivity index (χ0v) is 11.8. The highest BCUT2D eigenvalue weighted by molar-refractivity contribution is 5.66. The highest BCUT2D eigenvalue weighted by Gasteiger charge is 2.07. The molecule has 0 saturated carbocycles. The lowest BCUT2D eigenvalue weighted by atomic mass is 10.0. The van der Waals surface area contributed by atoms with E-state index in [1.807, 2.05) is 25.2 Å². The van der Waals surface area contributed by atoms with Crippen LogP contribution >= 0.6 is 0 Å². The van der Waals surface area contributed by atoms with Gasteiger partial charge in [0.25, 0.3) is 0 Å². The number of para-hydroxylation sites is 1. The predicted octanol–water partition coefficient (Wildman–Crippen LogP) is 3.99. The Balaban J connectivity index is 2.36. The first kappa shape index (κ1) is 13.4. The molecule has 2 rings (SSSR count). The second-order valence-corrected chi connectivity index (χ2v) is 4.44. The molecule has 0 radical (unpaired) electrons. The summed E-state index contributed by atoms with van der Waals surface area (Å²) in [5, 5.41) is 6.53. The van der Waals surface area contributed by atoms with Crippen molar-refractivity contribution in [3.63, 3.8) is 0 Å². The minimum atomic E-state index is 0.872. The van der Waals surface area contributed by atoms with Crippen LogP contribution < -0.4 is 10.6 Å². The molecular weight excluding hydrogens is 234 g/mol. The van der Waals surface area contributed by atoms with Crippen molar-refractivity contribution >= 4 is 17.3 Å². The van der Waals surface area contributed by atoms with Crippen molar-refractivity contribution in [1.29, 1.82) is 0 Å². The number of anilines is 3. The first-order valence-corrected chi connectivity index (χ1v) is 6.81. The fourth-order valence-corrected chi connectivity index (χ4v) is 2.17. The van der Waals surface area contributed by atoms with E-state index >= 15 is 0 Å². The smallest absolute Gasteiger partial charge is 0.132 e. The summed E-state index contributed by atoms with van der Waals surface area (Å²) < 4.78 is 0. The Labute approximate surface area is 115 Å². The molecule has 0 bridgehead atoms. The monoisotopic (exact) mass is 255 g/mol. The Morgan fingerprint density at radius 2 is 1.47 bits per heavy atom. The molecule has 0 atom stereocenters. The number of hydrogen-bond donors (Lipinski definition) is 2. The Morgan fingerprint density at radius 3 is 2.05 bits per heavy atom. The summed E-state index contributed by atoms with van der Waals surface area (Å²) in [4.78, 5) is 4.52. The Morgan fingerprint density at radius 1 is 0.895 bits per heavy atom. The Kier molecular flexibility index (Phi) is 4.39. The average molecular weight is 255 g/mol.